The van der Waals surface area contributed by atoms with Crippen molar-refractivity contribution in [3.8, 4) is 0 Å². The maximum atomic E-state index is 12.9. The maximum absolute atomic E-state index is 12.9. The van der Waals surface area contributed by atoms with Crippen LogP contribution in [-0.2, 0) is 28.6 Å². The number of esters is 3. The normalized spacial score (nSPS) is 12.5. The number of carbonyl (C=O) groups is 3. The molecule has 392 valence electrons. The number of hydrogen-bond donors (Lipinski definition) is 0. The van der Waals surface area contributed by atoms with Crippen LogP contribution in [0.15, 0.2) is 0 Å². The molecule has 1 unspecified atom stereocenters. The van der Waals surface area contributed by atoms with Gasteiger partial charge in [0.1, 0.15) is 13.2 Å². The number of hydrogen-bond acceptors (Lipinski definition) is 6. The quantitative estimate of drug-likeness (QED) is 0.0343. The molecule has 0 aromatic rings. The van der Waals surface area contributed by atoms with Crippen molar-refractivity contribution in [2.45, 2.75) is 343 Å². The van der Waals surface area contributed by atoms with E-state index in [1.54, 1.807) is 0 Å². The SMILES string of the molecule is CCCCCCCCCCCC(=O)OC[C@H](COC(=O)CCCCCCCCCCCCCCCCC(C)CC)OC(=O)CCCCCCCCCCCCCCCCCCCCC(C)C. The summed E-state index contributed by atoms with van der Waals surface area (Å²) in [6, 6.07) is 0. The Balaban J connectivity index is 4.19. The van der Waals surface area contributed by atoms with Crippen LogP contribution in [0.4, 0.5) is 0 Å². The van der Waals surface area contributed by atoms with Crippen molar-refractivity contribution in [3.05, 3.63) is 0 Å². The molecule has 0 aliphatic carbocycles. The molecule has 2 atom stereocenters. The Hall–Kier alpha value is -1.59. The first kappa shape index (κ1) is 64.4. The summed E-state index contributed by atoms with van der Waals surface area (Å²) in [5.74, 6) is 0.914. The van der Waals surface area contributed by atoms with Gasteiger partial charge in [-0.05, 0) is 31.1 Å². The Labute approximate surface area is 412 Å². The highest BCUT2D eigenvalue weighted by Gasteiger charge is 2.19. The van der Waals surface area contributed by atoms with Gasteiger partial charge < -0.3 is 14.2 Å². The summed E-state index contributed by atoms with van der Waals surface area (Å²) in [4.78, 5) is 38.1. The molecule has 0 heterocycles. The van der Waals surface area contributed by atoms with Crippen LogP contribution < -0.4 is 0 Å². The van der Waals surface area contributed by atoms with Crippen LogP contribution in [0.25, 0.3) is 0 Å². The first-order chi connectivity index (χ1) is 32.3. The number of rotatable bonds is 54. The smallest absolute Gasteiger partial charge is 0.306 e. The van der Waals surface area contributed by atoms with Gasteiger partial charge in [-0.1, -0.05) is 298 Å². The van der Waals surface area contributed by atoms with Gasteiger partial charge in [-0.15, -0.1) is 0 Å². The van der Waals surface area contributed by atoms with Crippen LogP contribution in [0, 0.1) is 11.8 Å². The van der Waals surface area contributed by atoms with Crippen LogP contribution in [0.2, 0.25) is 0 Å². The maximum Gasteiger partial charge on any atom is 0.306 e. The van der Waals surface area contributed by atoms with Crippen LogP contribution in [0.3, 0.4) is 0 Å². The molecule has 0 aromatic heterocycles. The fourth-order valence-electron chi connectivity index (χ4n) is 9.20. The van der Waals surface area contributed by atoms with Crippen LogP contribution in [0.5, 0.6) is 0 Å². The molecule has 0 spiro atoms. The second kappa shape index (κ2) is 52.8. The predicted molar refractivity (Wildman–Crippen MR) is 284 cm³/mol. The van der Waals surface area contributed by atoms with E-state index in [0.717, 1.165) is 69.6 Å². The predicted octanol–water partition coefficient (Wildman–Crippen LogP) is 19.7. The molecule has 0 N–H and O–H groups in total. The van der Waals surface area contributed by atoms with Crippen molar-refractivity contribution in [2.75, 3.05) is 13.2 Å². The fraction of sp³-hybridized carbons (Fsp3) is 0.950. The van der Waals surface area contributed by atoms with Crippen molar-refractivity contribution in [1.82, 2.24) is 0 Å². The van der Waals surface area contributed by atoms with E-state index >= 15 is 0 Å². The molecule has 0 saturated carbocycles. The molecule has 0 amide bonds. The lowest BCUT2D eigenvalue weighted by atomic mass is 9.99. The number of ether oxygens (including phenoxy) is 3. The zero-order valence-corrected chi connectivity index (χ0v) is 45.3. The summed E-state index contributed by atoms with van der Waals surface area (Å²) in [6.07, 6.45) is 56.7. The van der Waals surface area contributed by atoms with Gasteiger partial charge in [0.25, 0.3) is 0 Å². The molecule has 0 radical (unpaired) electrons. The average molecular weight is 934 g/mol. The molecular weight excluding hydrogens is 817 g/mol. The minimum atomic E-state index is -0.762. The van der Waals surface area contributed by atoms with Crippen molar-refractivity contribution >= 4 is 17.9 Å². The summed E-state index contributed by atoms with van der Waals surface area (Å²) < 4.78 is 16.9. The molecule has 6 heteroatoms. The van der Waals surface area contributed by atoms with E-state index in [0.29, 0.717) is 19.3 Å². The topological polar surface area (TPSA) is 78.9 Å². The molecule has 0 rings (SSSR count). The van der Waals surface area contributed by atoms with Gasteiger partial charge in [0.2, 0.25) is 0 Å². The third-order valence-electron chi connectivity index (χ3n) is 14.1. The Morgan fingerprint density at radius 2 is 0.576 bits per heavy atom. The van der Waals surface area contributed by atoms with Crippen molar-refractivity contribution < 1.29 is 28.6 Å². The summed E-state index contributed by atoms with van der Waals surface area (Å²) in [6.45, 7) is 11.5. The largest absolute Gasteiger partial charge is 0.462 e. The van der Waals surface area contributed by atoms with Gasteiger partial charge in [0.15, 0.2) is 6.10 Å². The lowest BCUT2D eigenvalue weighted by Gasteiger charge is -2.18. The highest BCUT2D eigenvalue weighted by Crippen LogP contribution is 2.19. The second-order valence-corrected chi connectivity index (χ2v) is 21.4. The third kappa shape index (κ3) is 51.8. The third-order valence-corrected chi connectivity index (χ3v) is 14.1. The summed E-state index contributed by atoms with van der Waals surface area (Å²) in [7, 11) is 0. The van der Waals surface area contributed by atoms with E-state index in [-0.39, 0.29) is 31.1 Å². The molecule has 0 aliphatic heterocycles. The highest BCUT2D eigenvalue weighted by atomic mass is 16.6. The number of unbranched alkanes of at least 4 members (excludes halogenated alkanes) is 38. The van der Waals surface area contributed by atoms with Gasteiger partial charge in [-0.3, -0.25) is 14.4 Å². The van der Waals surface area contributed by atoms with Crippen LogP contribution in [0.1, 0.15) is 336 Å². The molecule has 0 aliphatic rings. The Kier molecular flexibility index (Phi) is 51.5. The highest BCUT2D eigenvalue weighted by molar-refractivity contribution is 5.71. The minimum absolute atomic E-state index is 0.0626. The lowest BCUT2D eigenvalue weighted by molar-refractivity contribution is -0.167. The van der Waals surface area contributed by atoms with E-state index in [9.17, 15) is 14.4 Å². The van der Waals surface area contributed by atoms with Crippen molar-refractivity contribution in [2.24, 2.45) is 11.8 Å². The standard InChI is InChI=1S/C60H116O6/c1-6-8-9-10-11-28-35-40-45-50-58(61)64-53-57(54-65-59(62)51-46-41-36-31-26-22-19-18-21-25-30-34-39-44-49-56(5)7-2)66-60(63)52-47-42-37-32-27-23-17-15-13-12-14-16-20-24-29-33-38-43-48-55(3)4/h55-57H,6-54H2,1-5H3/t56?,57-/m1/s1. The average Bonchev–Trinajstić information content (AvgIpc) is 3.30. The van der Waals surface area contributed by atoms with Gasteiger partial charge >= 0.3 is 17.9 Å². The van der Waals surface area contributed by atoms with Gasteiger partial charge in [0.05, 0.1) is 0 Å². The van der Waals surface area contributed by atoms with Gasteiger partial charge in [-0.2, -0.15) is 0 Å². The van der Waals surface area contributed by atoms with E-state index in [2.05, 4.69) is 34.6 Å². The zero-order valence-electron chi connectivity index (χ0n) is 45.3. The molecular formula is C60H116O6. The molecule has 0 fully saturated rings. The fourth-order valence-corrected chi connectivity index (χ4v) is 9.20. The van der Waals surface area contributed by atoms with E-state index in [1.807, 2.05) is 0 Å². The van der Waals surface area contributed by atoms with E-state index in [1.165, 1.54) is 225 Å². The number of carbonyl (C=O) groups excluding carboxylic acids is 3. The summed E-state index contributed by atoms with van der Waals surface area (Å²) in [5.41, 5.74) is 0. The molecule has 66 heavy (non-hydrogen) atoms. The Bertz CT molecular complexity index is 1010. The summed E-state index contributed by atoms with van der Waals surface area (Å²) >= 11 is 0. The van der Waals surface area contributed by atoms with Gasteiger partial charge in [-0.25, -0.2) is 0 Å². The Morgan fingerprint density at radius 1 is 0.318 bits per heavy atom. The second-order valence-electron chi connectivity index (χ2n) is 21.4. The molecule has 6 nitrogen and oxygen atoms in total. The van der Waals surface area contributed by atoms with Crippen LogP contribution >= 0.6 is 0 Å². The first-order valence-electron chi connectivity index (χ1n) is 29.8. The monoisotopic (exact) mass is 933 g/mol. The van der Waals surface area contributed by atoms with E-state index in [4.69, 9.17) is 14.2 Å². The van der Waals surface area contributed by atoms with E-state index < -0.39 is 6.10 Å². The van der Waals surface area contributed by atoms with Gasteiger partial charge in [0, 0.05) is 19.3 Å². The first-order valence-corrected chi connectivity index (χ1v) is 29.8. The van der Waals surface area contributed by atoms with Crippen LogP contribution in [-0.4, -0.2) is 37.2 Å². The lowest BCUT2D eigenvalue weighted by Crippen LogP contribution is -2.30. The minimum Gasteiger partial charge on any atom is -0.462 e. The Morgan fingerprint density at radius 3 is 0.864 bits per heavy atom. The zero-order chi connectivity index (χ0) is 48.2. The molecule has 0 saturated heterocycles. The molecule has 0 bridgehead atoms. The molecule has 0 aromatic carbocycles. The van der Waals surface area contributed by atoms with Crippen molar-refractivity contribution in [3.63, 3.8) is 0 Å². The van der Waals surface area contributed by atoms with Crippen molar-refractivity contribution in [1.29, 1.82) is 0 Å². The summed E-state index contributed by atoms with van der Waals surface area (Å²) in [5, 5.41) is 0.